The lowest BCUT2D eigenvalue weighted by Gasteiger charge is -2.03. The van der Waals surface area contributed by atoms with Gasteiger partial charge in [-0.2, -0.15) is 0 Å². The van der Waals surface area contributed by atoms with Crippen molar-refractivity contribution >= 4 is 24.2 Å². The van der Waals surface area contributed by atoms with E-state index in [1.54, 1.807) is 12.1 Å². The number of nitrogens with one attached hydrogen (secondary N) is 2. The van der Waals surface area contributed by atoms with Crippen molar-refractivity contribution in [3.8, 4) is 0 Å². The summed E-state index contributed by atoms with van der Waals surface area (Å²) in [6.07, 6.45) is -1.10. The van der Waals surface area contributed by atoms with Crippen LogP contribution in [0.5, 0.6) is 0 Å². The smallest absolute Gasteiger partial charge is 0.423 e. The number of hydrogen-bond acceptors (Lipinski definition) is 2. The van der Waals surface area contributed by atoms with E-state index in [4.69, 9.17) is 5.11 Å². The lowest BCUT2D eigenvalue weighted by molar-refractivity contribution is 0.197. The van der Waals surface area contributed by atoms with Crippen LogP contribution in [0.3, 0.4) is 0 Å². The van der Waals surface area contributed by atoms with Crippen molar-refractivity contribution in [2.45, 2.75) is 0 Å². The van der Waals surface area contributed by atoms with E-state index < -0.39 is 6.09 Å². The minimum atomic E-state index is -1.10. The normalized spacial score (nSPS) is 8.00. The van der Waals surface area contributed by atoms with Crippen molar-refractivity contribution in [2.24, 2.45) is 0 Å². The molecule has 0 aliphatic rings. The van der Waals surface area contributed by atoms with Gasteiger partial charge in [0.25, 0.3) is 0 Å². The maximum Gasteiger partial charge on any atom is 0.423 e. The molecule has 3 N–H and O–H groups in total. The predicted octanol–water partition coefficient (Wildman–Crippen LogP) is 1.70. The standard InChI is InChI=1S/C7H8N2O2.ClH/c10-7(11)9-8-6-4-2-1-3-5-6;/h1-5,8-9H,(H,10,11);1H. The number of hydrogen-bond donors (Lipinski definition) is 3. The Labute approximate surface area is 76.0 Å². The van der Waals surface area contributed by atoms with Crippen molar-refractivity contribution in [3.63, 3.8) is 0 Å². The first-order valence-corrected chi connectivity index (χ1v) is 3.09. The Morgan fingerprint density at radius 2 is 1.83 bits per heavy atom. The van der Waals surface area contributed by atoms with Crippen LogP contribution in [-0.4, -0.2) is 11.2 Å². The van der Waals surface area contributed by atoms with E-state index in [0.29, 0.717) is 0 Å². The summed E-state index contributed by atoms with van der Waals surface area (Å²) in [7, 11) is 0. The highest BCUT2D eigenvalue weighted by atomic mass is 35.5. The zero-order valence-electron chi connectivity index (χ0n) is 6.15. The molecular formula is C7H9ClN2O2. The summed E-state index contributed by atoms with van der Waals surface area (Å²) in [6, 6.07) is 9.00. The van der Waals surface area contributed by atoms with Crippen LogP contribution in [0.2, 0.25) is 0 Å². The second-order valence-corrected chi connectivity index (χ2v) is 1.92. The first-order chi connectivity index (χ1) is 5.29. The number of halogens is 1. The molecule has 0 aliphatic heterocycles. The fourth-order valence-electron chi connectivity index (χ4n) is 0.647. The fraction of sp³-hybridized carbons (Fsp3) is 0. The minimum absolute atomic E-state index is 0. The summed E-state index contributed by atoms with van der Waals surface area (Å²) in [6.45, 7) is 0. The SMILES string of the molecule is Cl.O=C(O)NNc1ccccc1. The molecule has 0 atom stereocenters. The average Bonchev–Trinajstić information content (AvgIpc) is 2.03. The first kappa shape index (κ1) is 10.6. The summed E-state index contributed by atoms with van der Waals surface area (Å²) in [4.78, 5) is 10.00. The number of benzene rings is 1. The Morgan fingerprint density at radius 1 is 1.25 bits per heavy atom. The molecule has 5 heteroatoms. The molecule has 0 aromatic heterocycles. The van der Waals surface area contributed by atoms with E-state index in [1.807, 2.05) is 23.6 Å². The van der Waals surface area contributed by atoms with Gasteiger partial charge in [0.05, 0.1) is 5.69 Å². The second-order valence-electron chi connectivity index (χ2n) is 1.92. The van der Waals surface area contributed by atoms with Gasteiger partial charge in [-0.15, -0.1) is 12.4 Å². The Kier molecular flexibility index (Phi) is 4.64. The van der Waals surface area contributed by atoms with Gasteiger partial charge in [0.15, 0.2) is 0 Å². The van der Waals surface area contributed by atoms with Gasteiger partial charge in [0, 0.05) is 0 Å². The highest BCUT2D eigenvalue weighted by Gasteiger charge is 1.91. The second kappa shape index (κ2) is 5.26. The molecule has 0 aliphatic carbocycles. The van der Waals surface area contributed by atoms with E-state index in [-0.39, 0.29) is 12.4 Å². The van der Waals surface area contributed by atoms with Gasteiger partial charge in [0.1, 0.15) is 0 Å². The summed E-state index contributed by atoms with van der Waals surface area (Å²) >= 11 is 0. The van der Waals surface area contributed by atoms with Gasteiger partial charge in [-0.05, 0) is 12.1 Å². The number of carbonyl (C=O) groups is 1. The third kappa shape index (κ3) is 3.68. The number of carboxylic acid groups (broad SMARTS) is 1. The fourth-order valence-corrected chi connectivity index (χ4v) is 0.647. The molecule has 1 aromatic carbocycles. The van der Waals surface area contributed by atoms with E-state index in [1.165, 1.54) is 0 Å². The topological polar surface area (TPSA) is 61.4 Å². The average molecular weight is 189 g/mol. The largest absolute Gasteiger partial charge is 0.464 e. The molecule has 0 unspecified atom stereocenters. The van der Waals surface area contributed by atoms with Gasteiger partial charge in [-0.1, -0.05) is 18.2 Å². The van der Waals surface area contributed by atoms with Crippen LogP contribution in [0.1, 0.15) is 0 Å². The summed E-state index contributed by atoms with van der Waals surface area (Å²) in [5.41, 5.74) is 5.24. The van der Waals surface area contributed by atoms with Gasteiger partial charge in [-0.25, -0.2) is 10.2 Å². The highest BCUT2D eigenvalue weighted by Crippen LogP contribution is 2.01. The summed E-state index contributed by atoms with van der Waals surface area (Å²) in [5, 5.41) is 8.20. The number of para-hydroxylation sites is 1. The van der Waals surface area contributed by atoms with Gasteiger partial charge in [0.2, 0.25) is 0 Å². The monoisotopic (exact) mass is 188 g/mol. The molecule has 0 bridgehead atoms. The van der Waals surface area contributed by atoms with Gasteiger partial charge in [-0.3, -0.25) is 5.43 Å². The number of hydrazine groups is 1. The molecule has 0 heterocycles. The first-order valence-electron chi connectivity index (χ1n) is 3.09. The lowest BCUT2D eigenvalue weighted by atomic mass is 10.3. The van der Waals surface area contributed by atoms with Crippen LogP contribution in [0.15, 0.2) is 30.3 Å². The predicted molar refractivity (Wildman–Crippen MR) is 48.5 cm³/mol. The third-order valence-electron chi connectivity index (χ3n) is 1.09. The van der Waals surface area contributed by atoms with Crippen molar-refractivity contribution in [2.75, 3.05) is 5.43 Å². The van der Waals surface area contributed by atoms with Crippen LogP contribution < -0.4 is 10.9 Å². The van der Waals surface area contributed by atoms with Crippen molar-refractivity contribution in [3.05, 3.63) is 30.3 Å². The zero-order valence-corrected chi connectivity index (χ0v) is 6.97. The van der Waals surface area contributed by atoms with E-state index >= 15 is 0 Å². The van der Waals surface area contributed by atoms with Crippen LogP contribution in [-0.2, 0) is 0 Å². The van der Waals surface area contributed by atoms with Crippen LogP contribution in [0.25, 0.3) is 0 Å². The zero-order chi connectivity index (χ0) is 8.10. The number of anilines is 1. The molecule has 0 fully saturated rings. The number of rotatable bonds is 2. The highest BCUT2D eigenvalue weighted by molar-refractivity contribution is 5.85. The molecule has 4 nitrogen and oxygen atoms in total. The quantitative estimate of drug-likeness (QED) is 0.620. The maximum absolute atomic E-state index is 10.00. The molecule has 0 saturated heterocycles. The number of amides is 1. The minimum Gasteiger partial charge on any atom is -0.464 e. The van der Waals surface area contributed by atoms with Crippen LogP contribution in [0.4, 0.5) is 10.5 Å². The molecular weight excluding hydrogens is 180 g/mol. The van der Waals surface area contributed by atoms with E-state index in [9.17, 15) is 4.79 Å². The molecule has 66 valence electrons. The van der Waals surface area contributed by atoms with Crippen molar-refractivity contribution < 1.29 is 9.90 Å². The van der Waals surface area contributed by atoms with Crippen LogP contribution >= 0.6 is 12.4 Å². The molecule has 1 aromatic rings. The molecule has 1 amide bonds. The van der Waals surface area contributed by atoms with Gasteiger partial charge >= 0.3 is 6.09 Å². The third-order valence-corrected chi connectivity index (χ3v) is 1.09. The maximum atomic E-state index is 10.00. The Bertz CT molecular complexity index is 240. The molecule has 0 saturated carbocycles. The molecule has 12 heavy (non-hydrogen) atoms. The molecule has 0 radical (unpaired) electrons. The van der Waals surface area contributed by atoms with Crippen LogP contribution in [0, 0.1) is 0 Å². The Morgan fingerprint density at radius 3 is 2.33 bits per heavy atom. The summed E-state index contributed by atoms with van der Waals surface area (Å²) < 4.78 is 0. The van der Waals surface area contributed by atoms with Crippen molar-refractivity contribution in [1.29, 1.82) is 0 Å². The van der Waals surface area contributed by atoms with Crippen molar-refractivity contribution in [1.82, 2.24) is 5.43 Å². The van der Waals surface area contributed by atoms with Gasteiger partial charge < -0.3 is 5.11 Å². The lowest BCUT2D eigenvalue weighted by Crippen LogP contribution is -2.27. The molecule has 1 rings (SSSR count). The Hall–Kier alpha value is -1.42. The van der Waals surface area contributed by atoms with E-state index in [2.05, 4.69) is 5.43 Å². The molecule has 0 spiro atoms. The van der Waals surface area contributed by atoms with E-state index in [0.717, 1.165) is 5.69 Å². The Balaban J connectivity index is 0.00000121. The summed E-state index contributed by atoms with van der Waals surface area (Å²) in [5.74, 6) is 0.